The minimum absolute atomic E-state index is 0.00232. The summed E-state index contributed by atoms with van der Waals surface area (Å²) in [4.78, 5) is 13.5. The number of rotatable bonds is 6. The third kappa shape index (κ3) is 5.12. The van der Waals surface area contributed by atoms with Crippen LogP contribution in [0.25, 0.3) is 0 Å². The number of fused-ring (bicyclic) bond motifs is 1. The molecule has 0 saturated carbocycles. The summed E-state index contributed by atoms with van der Waals surface area (Å²) >= 11 is 0. The quantitative estimate of drug-likeness (QED) is 0.799. The van der Waals surface area contributed by atoms with Crippen LogP contribution in [0.4, 0.5) is 0 Å². The molecule has 1 aliphatic rings. The Morgan fingerprint density at radius 3 is 2.57 bits per heavy atom. The second kappa shape index (κ2) is 8.76. The lowest BCUT2D eigenvalue weighted by Gasteiger charge is -2.32. The zero-order valence-electron chi connectivity index (χ0n) is 17.1. The molecule has 0 aromatic heterocycles. The van der Waals surface area contributed by atoms with E-state index in [4.69, 9.17) is 4.74 Å². The van der Waals surface area contributed by atoms with E-state index in [0.29, 0.717) is 6.54 Å². The Hall–Kier alpha value is -2.37. The van der Waals surface area contributed by atoms with Gasteiger partial charge in [-0.1, -0.05) is 30.3 Å². The average molecular weight is 383 g/mol. The van der Waals surface area contributed by atoms with Crippen LogP contribution in [0.5, 0.6) is 5.75 Å². The first-order valence-corrected chi connectivity index (χ1v) is 9.87. The van der Waals surface area contributed by atoms with Crippen molar-refractivity contribution >= 4 is 5.91 Å². The van der Waals surface area contributed by atoms with Crippen molar-refractivity contribution < 1.29 is 14.6 Å². The van der Waals surface area contributed by atoms with Gasteiger partial charge in [0.2, 0.25) is 5.91 Å². The molecule has 0 saturated heterocycles. The smallest absolute Gasteiger partial charge is 0.217 e. The van der Waals surface area contributed by atoms with Crippen LogP contribution in [0, 0.1) is 0 Å². The van der Waals surface area contributed by atoms with Crippen molar-refractivity contribution in [3.8, 4) is 5.75 Å². The van der Waals surface area contributed by atoms with E-state index in [1.165, 1.54) is 12.5 Å². The van der Waals surface area contributed by atoms with Crippen LogP contribution in [0.15, 0.2) is 42.5 Å². The maximum atomic E-state index is 11.2. The van der Waals surface area contributed by atoms with Gasteiger partial charge in [0.1, 0.15) is 5.75 Å². The lowest BCUT2D eigenvalue weighted by molar-refractivity contribution is -0.119. The van der Waals surface area contributed by atoms with Gasteiger partial charge in [0.05, 0.1) is 18.2 Å². The van der Waals surface area contributed by atoms with Gasteiger partial charge in [-0.3, -0.25) is 9.69 Å². The Morgan fingerprint density at radius 1 is 1.21 bits per heavy atom. The van der Waals surface area contributed by atoms with Gasteiger partial charge in [0, 0.05) is 26.6 Å². The SMILES string of the molecule is CC(=O)N[C@@H](C)c1ccc(CN2Cc3ccc(OC(C)C)cc3C(O)C2)cc1. The number of amides is 1. The fourth-order valence-electron chi connectivity index (χ4n) is 3.70. The lowest BCUT2D eigenvalue weighted by atomic mass is 9.96. The number of hydrogen-bond donors (Lipinski definition) is 2. The predicted molar refractivity (Wildman–Crippen MR) is 110 cm³/mol. The number of benzene rings is 2. The minimum Gasteiger partial charge on any atom is -0.491 e. The van der Waals surface area contributed by atoms with E-state index in [-0.39, 0.29) is 18.1 Å². The van der Waals surface area contributed by atoms with Crippen LogP contribution in [-0.4, -0.2) is 28.6 Å². The second-order valence-corrected chi connectivity index (χ2v) is 7.88. The third-order valence-electron chi connectivity index (χ3n) is 4.98. The molecule has 1 heterocycles. The first-order chi connectivity index (χ1) is 13.3. The van der Waals surface area contributed by atoms with Crippen molar-refractivity contribution in [1.82, 2.24) is 10.2 Å². The van der Waals surface area contributed by atoms with Crippen molar-refractivity contribution in [2.45, 2.75) is 59.0 Å². The molecule has 1 amide bonds. The van der Waals surface area contributed by atoms with Crippen molar-refractivity contribution in [2.75, 3.05) is 6.54 Å². The van der Waals surface area contributed by atoms with Crippen LogP contribution >= 0.6 is 0 Å². The van der Waals surface area contributed by atoms with E-state index >= 15 is 0 Å². The van der Waals surface area contributed by atoms with Gasteiger partial charge in [0.15, 0.2) is 0 Å². The number of nitrogens with one attached hydrogen (secondary N) is 1. The Kier molecular flexibility index (Phi) is 6.37. The van der Waals surface area contributed by atoms with Gasteiger partial charge in [-0.2, -0.15) is 0 Å². The Labute approximate surface area is 167 Å². The van der Waals surface area contributed by atoms with Crippen molar-refractivity contribution in [2.24, 2.45) is 0 Å². The first kappa shape index (κ1) is 20.4. The zero-order valence-corrected chi connectivity index (χ0v) is 17.1. The summed E-state index contributed by atoms with van der Waals surface area (Å²) < 4.78 is 5.75. The molecule has 2 aromatic carbocycles. The molecule has 150 valence electrons. The normalized spacial score (nSPS) is 17.9. The van der Waals surface area contributed by atoms with E-state index in [9.17, 15) is 9.90 Å². The number of ether oxygens (including phenoxy) is 1. The molecule has 5 heteroatoms. The van der Waals surface area contributed by atoms with Gasteiger partial charge < -0.3 is 15.2 Å². The molecular formula is C23H30N2O3. The minimum atomic E-state index is -0.515. The van der Waals surface area contributed by atoms with Crippen LogP contribution in [-0.2, 0) is 17.9 Å². The summed E-state index contributed by atoms with van der Waals surface area (Å²) in [5.41, 5.74) is 4.38. The molecule has 2 aromatic rings. The van der Waals surface area contributed by atoms with Crippen molar-refractivity contribution in [1.29, 1.82) is 0 Å². The van der Waals surface area contributed by atoms with E-state index in [1.54, 1.807) is 0 Å². The molecular weight excluding hydrogens is 352 g/mol. The molecule has 3 rings (SSSR count). The van der Waals surface area contributed by atoms with Gasteiger partial charge in [-0.05, 0) is 55.2 Å². The summed E-state index contributed by atoms with van der Waals surface area (Å²) in [6.45, 7) is 9.68. The number of nitrogens with zero attached hydrogens (tertiary/aromatic N) is 1. The molecule has 1 aliphatic heterocycles. The highest BCUT2D eigenvalue weighted by atomic mass is 16.5. The fraction of sp³-hybridized carbons (Fsp3) is 0.435. The van der Waals surface area contributed by atoms with E-state index in [2.05, 4.69) is 40.5 Å². The molecule has 1 unspecified atom stereocenters. The monoisotopic (exact) mass is 382 g/mol. The van der Waals surface area contributed by atoms with Crippen molar-refractivity contribution in [3.05, 3.63) is 64.7 Å². The van der Waals surface area contributed by atoms with Crippen LogP contribution in [0.3, 0.4) is 0 Å². The van der Waals surface area contributed by atoms with Crippen LogP contribution in [0.1, 0.15) is 62.1 Å². The summed E-state index contributed by atoms with van der Waals surface area (Å²) in [6, 6.07) is 14.3. The van der Waals surface area contributed by atoms with Gasteiger partial charge in [-0.25, -0.2) is 0 Å². The Balaban J connectivity index is 1.66. The van der Waals surface area contributed by atoms with Gasteiger partial charge in [-0.15, -0.1) is 0 Å². The van der Waals surface area contributed by atoms with E-state index in [0.717, 1.165) is 35.5 Å². The highest BCUT2D eigenvalue weighted by Crippen LogP contribution is 2.31. The lowest BCUT2D eigenvalue weighted by Crippen LogP contribution is -2.33. The number of hydrogen-bond acceptors (Lipinski definition) is 4. The molecule has 0 aliphatic carbocycles. The number of carbonyl (C=O) groups excluding carboxylic acids is 1. The molecule has 2 atom stereocenters. The first-order valence-electron chi connectivity index (χ1n) is 9.87. The Bertz CT molecular complexity index is 817. The summed E-state index contributed by atoms with van der Waals surface area (Å²) in [7, 11) is 0. The van der Waals surface area contributed by atoms with Crippen LogP contribution in [0.2, 0.25) is 0 Å². The largest absolute Gasteiger partial charge is 0.491 e. The van der Waals surface area contributed by atoms with E-state index in [1.807, 2.05) is 32.9 Å². The molecule has 0 bridgehead atoms. The standard InChI is InChI=1S/C23H30N2O3/c1-15(2)28-21-10-9-20-13-25(14-23(27)22(20)11-21)12-18-5-7-19(8-6-18)16(3)24-17(4)26/h5-11,15-16,23,27H,12-14H2,1-4H3,(H,24,26)/t16-,23?/m0/s1. The second-order valence-electron chi connectivity index (χ2n) is 7.88. The highest BCUT2D eigenvalue weighted by molar-refractivity contribution is 5.73. The van der Waals surface area contributed by atoms with Gasteiger partial charge in [0.25, 0.3) is 0 Å². The number of aliphatic hydroxyl groups is 1. The predicted octanol–water partition coefficient (Wildman–Crippen LogP) is 3.72. The highest BCUT2D eigenvalue weighted by Gasteiger charge is 2.24. The summed E-state index contributed by atoms with van der Waals surface area (Å²) in [5.74, 6) is 0.782. The Morgan fingerprint density at radius 2 is 1.93 bits per heavy atom. The topological polar surface area (TPSA) is 61.8 Å². The summed E-state index contributed by atoms with van der Waals surface area (Å²) in [5, 5.41) is 13.5. The zero-order chi connectivity index (χ0) is 20.3. The average Bonchev–Trinajstić information content (AvgIpc) is 2.62. The van der Waals surface area contributed by atoms with E-state index < -0.39 is 6.10 Å². The fourth-order valence-corrected chi connectivity index (χ4v) is 3.70. The maximum absolute atomic E-state index is 11.2. The molecule has 2 N–H and O–H groups in total. The maximum Gasteiger partial charge on any atom is 0.217 e. The van der Waals surface area contributed by atoms with Gasteiger partial charge >= 0.3 is 0 Å². The molecule has 0 radical (unpaired) electrons. The third-order valence-corrected chi connectivity index (χ3v) is 4.98. The molecule has 5 nitrogen and oxygen atoms in total. The van der Waals surface area contributed by atoms with Crippen LogP contribution < -0.4 is 10.1 Å². The summed E-state index contributed by atoms with van der Waals surface area (Å²) in [6.07, 6.45) is -0.398. The number of aliphatic hydroxyl groups excluding tert-OH is 1. The molecule has 28 heavy (non-hydrogen) atoms. The molecule has 0 fully saturated rings. The van der Waals surface area contributed by atoms with Crippen molar-refractivity contribution in [3.63, 3.8) is 0 Å². The number of carbonyl (C=O) groups is 1. The molecule has 0 spiro atoms. The number of β-amino-alcohol motifs (C(OH)–C–C–N with tert-alkyl or cyclic N) is 1.